The second-order valence-corrected chi connectivity index (χ2v) is 18.4. The van der Waals surface area contributed by atoms with Crippen molar-refractivity contribution < 1.29 is 8.23 Å². The molecule has 0 aromatic rings. The van der Waals surface area contributed by atoms with E-state index >= 15 is 0 Å². The van der Waals surface area contributed by atoms with E-state index in [1.807, 2.05) is 0 Å². The van der Waals surface area contributed by atoms with E-state index in [4.69, 9.17) is 8.23 Å². The minimum atomic E-state index is -1.91. The first-order valence-corrected chi connectivity index (χ1v) is 14.5. The van der Waals surface area contributed by atoms with Gasteiger partial charge in [-0.15, -0.1) is 0 Å². The Hall–Kier alpha value is 0.571. The molecule has 0 atom stereocenters. The van der Waals surface area contributed by atoms with Gasteiger partial charge >= 0.3 is 8.56 Å². The number of rotatable bonds is 5. The lowest BCUT2D eigenvalue weighted by atomic mass is 11.0. The van der Waals surface area contributed by atoms with Gasteiger partial charge in [0.05, 0.1) is 0 Å². The molecule has 0 aliphatic heterocycles. The molecule has 0 saturated carbocycles. The van der Waals surface area contributed by atoms with Crippen LogP contribution in [0, 0.1) is 6.92 Å². The highest BCUT2D eigenvalue weighted by molar-refractivity contribution is 6.87. The Morgan fingerprint density at radius 2 is 1.29 bits per heavy atom. The van der Waals surface area contributed by atoms with E-state index in [0.29, 0.717) is 0 Å². The molecule has 0 aromatic carbocycles. The van der Waals surface area contributed by atoms with E-state index in [2.05, 4.69) is 52.8 Å². The summed E-state index contributed by atoms with van der Waals surface area (Å²) in [5, 5.41) is 0. The SMILES string of the molecule is [CH2]C[Si](C)(C)O[Si](C)(C)O[Si](C)(C)C. The van der Waals surface area contributed by atoms with Crippen LogP contribution in [-0.4, -0.2) is 25.2 Å². The third kappa shape index (κ3) is 6.94. The van der Waals surface area contributed by atoms with Crippen molar-refractivity contribution in [1.29, 1.82) is 0 Å². The summed E-state index contributed by atoms with van der Waals surface area (Å²) in [4.78, 5) is 0. The lowest BCUT2D eigenvalue weighted by molar-refractivity contribution is 0.393. The molecule has 0 rings (SSSR count). The Morgan fingerprint density at radius 1 is 0.857 bits per heavy atom. The van der Waals surface area contributed by atoms with E-state index in [1.165, 1.54) is 0 Å². The third-order valence-corrected chi connectivity index (χ3v) is 11.5. The maximum absolute atomic E-state index is 6.18. The van der Waals surface area contributed by atoms with Crippen LogP contribution in [0.3, 0.4) is 0 Å². The molecule has 85 valence electrons. The van der Waals surface area contributed by atoms with Crippen molar-refractivity contribution in [1.82, 2.24) is 0 Å². The van der Waals surface area contributed by atoms with E-state index in [-0.39, 0.29) is 0 Å². The van der Waals surface area contributed by atoms with Crippen LogP contribution in [0.1, 0.15) is 0 Å². The second kappa shape index (κ2) is 4.61. The first kappa shape index (κ1) is 14.6. The van der Waals surface area contributed by atoms with Crippen molar-refractivity contribution in [3.05, 3.63) is 6.92 Å². The van der Waals surface area contributed by atoms with Crippen molar-refractivity contribution in [3.8, 4) is 0 Å². The summed E-state index contributed by atoms with van der Waals surface area (Å²) in [6.45, 7) is 19.3. The van der Waals surface area contributed by atoms with Gasteiger partial charge in [0.15, 0.2) is 16.6 Å². The van der Waals surface area contributed by atoms with Crippen LogP contribution in [0.2, 0.25) is 51.9 Å². The second-order valence-electron chi connectivity index (χ2n) is 5.73. The lowest BCUT2D eigenvalue weighted by Gasteiger charge is -2.37. The van der Waals surface area contributed by atoms with Gasteiger partial charge in [-0.1, -0.05) is 6.92 Å². The Bertz CT molecular complexity index is 185. The molecule has 2 nitrogen and oxygen atoms in total. The van der Waals surface area contributed by atoms with Gasteiger partial charge in [0.25, 0.3) is 0 Å². The molecule has 0 fully saturated rings. The predicted molar refractivity (Wildman–Crippen MR) is 70.6 cm³/mol. The van der Waals surface area contributed by atoms with Crippen LogP contribution in [0.25, 0.3) is 0 Å². The molecule has 0 amide bonds. The molecule has 0 aliphatic rings. The standard InChI is InChI=1S/C9H25O2Si3/c1-9-13(5,6)11-14(7,8)10-12(2,3)4/h1,9H2,2-8H3. The maximum atomic E-state index is 6.18. The molecule has 0 heterocycles. The average Bonchev–Trinajstić information content (AvgIpc) is 1.78. The van der Waals surface area contributed by atoms with E-state index < -0.39 is 25.2 Å². The van der Waals surface area contributed by atoms with Crippen LogP contribution < -0.4 is 0 Å². The van der Waals surface area contributed by atoms with Crippen molar-refractivity contribution >= 4 is 25.2 Å². The topological polar surface area (TPSA) is 18.5 Å². The zero-order valence-corrected chi connectivity index (χ0v) is 13.7. The van der Waals surface area contributed by atoms with Crippen molar-refractivity contribution in [2.24, 2.45) is 0 Å². The highest BCUT2D eigenvalue weighted by Crippen LogP contribution is 2.21. The largest absolute Gasteiger partial charge is 0.437 e. The fourth-order valence-corrected chi connectivity index (χ4v) is 13.6. The lowest BCUT2D eigenvalue weighted by Crippen LogP contribution is -2.51. The van der Waals surface area contributed by atoms with E-state index in [1.54, 1.807) is 0 Å². The highest BCUT2D eigenvalue weighted by atomic mass is 28.5. The summed E-state index contributed by atoms with van der Waals surface area (Å²) < 4.78 is 12.3. The summed E-state index contributed by atoms with van der Waals surface area (Å²) in [5.41, 5.74) is 0. The fourth-order valence-electron chi connectivity index (χ4n) is 1.47. The Morgan fingerprint density at radius 3 is 1.57 bits per heavy atom. The summed E-state index contributed by atoms with van der Waals surface area (Å²) >= 11 is 0. The number of hydrogen-bond acceptors (Lipinski definition) is 2. The van der Waals surface area contributed by atoms with Gasteiger partial charge in [0, 0.05) is 0 Å². The van der Waals surface area contributed by atoms with Gasteiger partial charge in [-0.05, 0) is 51.9 Å². The Labute approximate surface area is 92.5 Å². The van der Waals surface area contributed by atoms with E-state index in [9.17, 15) is 0 Å². The van der Waals surface area contributed by atoms with Gasteiger partial charge in [-0.25, -0.2) is 0 Å². The predicted octanol–water partition coefficient (Wildman–Crippen LogP) is 3.60. The quantitative estimate of drug-likeness (QED) is 0.693. The normalized spacial score (nSPS) is 14.6. The number of hydrogen-bond donors (Lipinski definition) is 0. The molecule has 0 spiro atoms. The van der Waals surface area contributed by atoms with Gasteiger partial charge in [-0.3, -0.25) is 0 Å². The zero-order chi connectivity index (χ0) is 11.6. The minimum Gasteiger partial charge on any atom is -0.437 e. The minimum absolute atomic E-state index is 0.915. The molecule has 0 bridgehead atoms. The molecular formula is C9H25O2Si3. The zero-order valence-electron chi connectivity index (χ0n) is 10.7. The molecule has 0 aliphatic carbocycles. The van der Waals surface area contributed by atoms with Crippen LogP contribution in [0.15, 0.2) is 0 Å². The van der Waals surface area contributed by atoms with Crippen molar-refractivity contribution in [3.63, 3.8) is 0 Å². The van der Waals surface area contributed by atoms with Crippen LogP contribution >= 0.6 is 0 Å². The molecule has 14 heavy (non-hydrogen) atoms. The summed E-state index contributed by atoms with van der Waals surface area (Å²) in [5.74, 6) is 0. The van der Waals surface area contributed by atoms with E-state index in [0.717, 1.165) is 6.04 Å². The molecule has 0 unspecified atom stereocenters. The maximum Gasteiger partial charge on any atom is 0.311 e. The van der Waals surface area contributed by atoms with Crippen LogP contribution in [0.5, 0.6) is 0 Å². The molecule has 0 aromatic heterocycles. The van der Waals surface area contributed by atoms with Crippen LogP contribution in [-0.2, 0) is 8.23 Å². The van der Waals surface area contributed by atoms with Gasteiger partial charge in [-0.2, -0.15) is 0 Å². The average molecular weight is 250 g/mol. The molecule has 0 N–H and O–H groups in total. The molecular weight excluding hydrogens is 224 g/mol. The fraction of sp³-hybridized carbons (Fsp3) is 0.889. The Kier molecular flexibility index (Phi) is 4.80. The van der Waals surface area contributed by atoms with Crippen molar-refractivity contribution in [2.45, 2.75) is 51.9 Å². The molecule has 1 radical (unpaired) electrons. The monoisotopic (exact) mass is 249 g/mol. The summed E-state index contributed by atoms with van der Waals surface area (Å²) in [6.07, 6.45) is 0. The van der Waals surface area contributed by atoms with Crippen molar-refractivity contribution in [2.75, 3.05) is 0 Å². The highest BCUT2D eigenvalue weighted by Gasteiger charge is 2.36. The van der Waals surface area contributed by atoms with Gasteiger partial charge in [0.2, 0.25) is 0 Å². The van der Waals surface area contributed by atoms with Crippen LogP contribution in [0.4, 0.5) is 0 Å². The summed E-state index contributed by atoms with van der Waals surface area (Å²) in [6, 6.07) is 0.915. The smallest absolute Gasteiger partial charge is 0.311 e. The summed E-state index contributed by atoms with van der Waals surface area (Å²) in [7, 11) is -4.94. The first-order valence-electron chi connectivity index (χ1n) is 5.17. The first-order chi connectivity index (χ1) is 5.97. The third-order valence-electron chi connectivity index (χ3n) is 1.68. The Balaban J connectivity index is 4.35. The molecule has 5 heteroatoms. The van der Waals surface area contributed by atoms with Gasteiger partial charge in [0.1, 0.15) is 0 Å². The molecule has 0 saturated heterocycles. The van der Waals surface area contributed by atoms with Gasteiger partial charge < -0.3 is 8.23 Å².